The molecule has 2 heterocycles. The predicted molar refractivity (Wildman–Crippen MR) is 83.5 cm³/mol. The molecule has 1 aliphatic heterocycles. The lowest BCUT2D eigenvalue weighted by Crippen LogP contribution is -2.34. The third kappa shape index (κ3) is 3.73. The number of likely N-dealkylation sites (tertiary alicyclic amines) is 1. The van der Waals surface area contributed by atoms with E-state index in [2.05, 4.69) is 4.98 Å². The van der Waals surface area contributed by atoms with Crippen molar-refractivity contribution in [2.24, 2.45) is 5.92 Å². The number of aliphatic hydroxyl groups excluding tert-OH is 1. The maximum atomic E-state index is 12.6. The monoisotopic (exact) mass is 345 g/mol. The summed E-state index contributed by atoms with van der Waals surface area (Å²) in [6, 6.07) is 0. The molecule has 8 nitrogen and oxygen atoms in total. The number of carbonyl (C=O) groups is 1. The molecule has 9 heteroatoms. The number of aliphatic hydroxyl groups is 1. The van der Waals surface area contributed by atoms with Gasteiger partial charge >= 0.3 is 0 Å². The van der Waals surface area contributed by atoms with Crippen molar-refractivity contribution in [1.29, 1.82) is 0 Å². The molecule has 1 aliphatic rings. The van der Waals surface area contributed by atoms with E-state index in [1.54, 1.807) is 0 Å². The van der Waals surface area contributed by atoms with Crippen LogP contribution in [0.25, 0.3) is 0 Å². The highest BCUT2D eigenvalue weighted by Crippen LogP contribution is 2.24. The number of hydrogen-bond acceptors (Lipinski definition) is 6. The number of amides is 1. The first kappa shape index (κ1) is 17.9. The molecule has 0 aromatic carbocycles. The Labute approximate surface area is 136 Å². The van der Waals surface area contributed by atoms with E-state index in [1.807, 2.05) is 13.8 Å². The van der Waals surface area contributed by atoms with Crippen LogP contribution in [0.3, 0.4) is 0 Å². The Morgan fingerprint density at radius 1 is 1.48 bits per heavy atom. The number of oxazole rings is 1. The topological polar surface area (TPSA) is 104 Å². The van der Waals surface area contributed by atoms with E-state index in [9.17, 15) is 18.3 Å². The SMILES string of the molecule is CC(C)c1ocnc1C(=O)N1C[C@@H](CS(=O)(=O)N(C)C)[C@H](O)C1. The molecule has 1 amide bonds. The average Bonchev–Trinajstić information content (AvgIpc) is 3.05. The van der Waals surface area contributed by atoms with E-state index < -0.39 is 22.0 Å². The number of carbonyl (C=O) groups excluding carboxylic acids is 1. The Balaban J connectivity index is 2.12. The summed E-state index contributed by atoms with van der Waals surface area (Å²) in [7, 11) is -0.541. The molecule has 0 spiro atoms. The predicted octanol–water partition coefficient (Wildman–Crippen LogP) is 0.122. The maximum Gasteiger partial charge on any atom is 0.276 e. The second-order valence-electron chi connectivity index (χ2n) is 6.32. The third-order valence-corrected chi connectivity index (χ3v) is 5.96. The van der Waals surface area contributed by atoms with Crippen molar-refractivity contribution in [3.8, 4) is 0 Å². The van der Waals surface area contributed by atoms with Gasteiger partial charge in [-0.25, -0.2) is 17.7 Å². The van der Waals surface area contributed by atoms with Crippen molar-refractivity contribution in [3.05, 3.63) is 17.8 Å². The number of β-amino-alcohol motifs (C(OH)–C–C–N with tert-alkyl or cyclic N) is 1. The third-order valence-electron chi connectivity index (χ3n) is 4.00. The van der Waals surface area contributed by atoms with Gasteiger partial charge in [0, 0.05) is 39.0 Å². The molecule has 1 aromatic rings. The molecule has 0 unspecified atom stereocenters. The van der Waals surface area contributed by atoms with Gasteiger partial charge in [0.05, 0.1) is 11.9 Å². The summed E-state index contributed by atoms with van der Waals surface area (Å²) in [6.45, 7) is 4.06. The first-order chi connectivity index (χ1) is 10.6. The van der Waals surface area contributed by atoms with Crippen molar-refractivity contribution >= 4 is 15.9 Å². The maximum absolute atomic E-state index is 12.6. The Bertz CT molecular complexity index is 668. The summed E-state index contributed by atoms with van der Waals surface area (Å²) in [5, 5.41) is 10.1. The van der Waals surface area contributed by atoms with E-state index in [0.29, 0.717) is 5.76 Å². The lowest BCUT2D eigenvalue weighted by molar-refractivity contribution is 0.0757. The van der Waals surface area contributed by atoms with Crippen LogP contribution >= 0.6 is 0 Å². The van der Waals surface area contributed by atoms with Gasteiger partial charge in [-0.3, -0.25) is 4.79 Å². The standard InChI is InChI=1S/C14H23N3O5S/c1-9(2)13-12(15-8-22-13)14(19)17-5-10(11(18)6-17)7-23(20,21)16(3)4/h8-11,18H,5-7H2,1-4H3/t10-,11+/m0/s1. The van der Waals surface area contributed by atoms with E-state index in [0.717, 1.165) is 4.31 Å². The van der Waals surface area contributed by atoms with Crippen LogP contribution in [-0.2, 0) is 10.0 Å². The highest BCUT2D eigenvalue weighted by molar-refractivity contribution is 7.89. The van der Waals surface area contributed by atoms with Crippen molar-refractivity contribution in [1.82, 2.24) is 14.2 Å². The summed E-state index contributed by atoms with van der Waals surface area (Å²) < 4.78 is 30.3. The minimum atomic E-state index is -3.44. The quantitative estimate of drug-likeness (QED) is 0.813. The average molecular weight is 345 g/mol. The molecule has 0 bridgehead atoms. The molecule has 2 rings (SSSR count). The van der Waals surface area contributed by atoms with Crippen LogP contribution in [0.15, 0.2) is 10.8 Å². The van der Waals surface area contributed by atoms with Gasteiger partial charge in [-0.15, -0.1) is 0 Å². The molecule has 23 heavy (non-hydrogen) atoms. The van der Waals surface area contributed by atoms with Gasteiger partial charge in [-0.2, -0.15) is 0 Å². The van der Waals surface area contributed by atoms with Gasteiger partial charge in [0.2, 0.25) is 10.0 Å². The Hall–Kier alpha value is -1.45. The van der Waals surface area contributed by atoms with E-state index in [1.165, 1.54) is 25.4 Å². The highest BCUT2D eigenvalue weighted by Gasteiger charge is 2.39. The van der Waals surface area contributed by atoms with Crippen LogP contribution in [0.2, 0.25) is 0 Å². The molecule has 0 radical (unpaired) electrons. The Morgan fingerprint density at radius 2 is 2.13 bits per heavy atom. The van der Waals surface area contributed by atoms with Crippen LogP contribution in [-0.4, -0.2) is 72.7 Å². The lowest BCUT2D eigenvalue weighted by atomic mass is 10.1. The molecule has 1 aromatic heterocycles. The highest BCUT2D eigenvalue weighted by atomic mass is 32.2. The summed E-state index contributed by atoms with van der Waals surface area (Å²) in [5.41, 5.74) is 0.225. The van der Waals surface area contributed by atoms with Gasteiger partial charge in [0.15, 0.2) is 12.1 Å². The first-order valence-electron chi connectivity index (χ1n) is 7.44. The number of rotatable bonds is 5. The largest absolute Gasteiger partial charge is 0.447 e. The smallest absolute Gasteiger partial charge is 0.276 e. The van der Waals surface area contributed by atoms with E-state index in [4.69, 9.17) is 4.42 Å². The zero-order chi connectivity index (χ0) is 17.4. The summed E-state index contributed by atoms with van der Waals surface area (Å²) in [5.74, 6) is -0.546. The van der Waals surface area contributed by atoms with Crippen LogP contribution in [0.5, 0.6) is 0 Å². The lowest BCUT2D eigenvalue weighted by Gasteiger charge is -2.18. The van der Waals surface area contributed by atoms with Gasteiger partial charge in [-0.05, 0) is 0 Å². The van der Waals surface area contributed by atoms with Gasteiger partial charge in [0.25, 0.3) is 5.91 Å². The zero-order valence-electron chi connectivity index (χ0n) is 13.8. The van der Waals surface area contributed by atoms with Crippen molar-refractivity contribution in [2.75, 3.05) is 32.9 Å². The molecule has 0 saturated carbocycles. The fourth-order valence-corrected chi connectivity index (χ4v) is 3.75. The first-order valence-corrected chi connectivity index (χ1v) is 9.05. The van der Waals surface area contributed by atoms with Crippen molar-refractivity contribution in [2.45, 2.75) is 25.9 Å². The van der Waals surface area contributed by atoms with E-state index >= 15 is 0 Å². The fraction of sp³-hybridized carbons (Fsp3) is 0.714. The van der Waals surface area contributed by atoms with Gasteiger partial charge < -0.3 is 14.4 Å². The Kier molecular flexibility index (Phi) is 5.12. The molecule has 0 aliphatic carbocycles. The van der Waals surface area contributed by atoms with E-state index in [-0.39, 0.29) is 36.4 Å². The molecule has 130 valence electrons. The zero-order valence-corrected chi connectivity index (χ0v) is 14.6. The van der Waals surface area contributed by atoms with Gasteiger partial charge in [0.1, 0.15) is 5.76 Å². The Morgan fingerprint density at radius 3 is 2.70 bits per heavy atom. The number of nitrogens with zero attached hydrogens (tertiary/aromatic N) is 3. The van der Waals surface area contributed by atoms with Crippen LogP contribution < -0.4 is 0 Å². The normalized spacial score (nSPS) is 22.3. The van der Waals surface area contributed by atoms with Crippen LogP contribution in [0.4, 0.5) is 0 Å². The molecular formula is C14H23N3O5S. The number of hydrogen-bond donors (Lipinski definition) is 1. The minimum Gasteiger partial charge on any atom is -0.447 e. The molecule has 1 fully saturated rings. The summed E-state index contributed by atoms with van der Waals surface area (Å²) >= 11 is 0. The summed E-state index contributed by atoms with van der Waals surface area (Å²) in [6.07, 6.45) is 0.353. The summed E-state index contributed by atoms with van der Waals surface area (Å²) in [4.78, 5) is 18.0. The molecular weight excluding hydrogens is 322 g/mol. The number of aromatic nitrogens is 1. The fourth-order valence-electron chi connectivity index (χ4n) is 2.58. The minimum absolute atomic E-state index is 0.00823. The van der Waals surface area contributed by atoms with Crippen molar-refractivity contribution < 1.29 is 22.7 Å². The van der Waals surface area contributed by atoms with Crippen LogP contribution in [0.1, 0.15) is 36.0 Å². The molecule has 1 N–H and O–H groups in total. The second kappa shape index (κ2) is 6.58. The molecule has 1 saturated heterocycles. The number of sulfonamides is 1. The second-order valence-corrected chi connectivity index (χ2v) is 8.55. The van der Waals surface area contributed by atoms with Crippen molar-refractivity contribution in [3.63, 3.8) is 0 Å². The van der Waals surface area contributed by atoms with Gasteiger partial charge in [-0.1, -0.05) is 13.8 Å². The van der Waals surface area contributed by atoms with Crippen LogP contribution in [0, 0.1) is 5.92 Å². The molecule has 2 atom stereocenters.